The fourth-order valence-electron chi connectivity index (χ4n) is 1.47. The standard InChI is InChI=1S/C14H11ClO3/c15-11-6-7-13(16)12(8-11)14(17)18-9-10-4-2-1-3-5-10/h1-8,16H,9H2. The Hall–Kier alpha value is -2.00. The van der Waals surface area contributed by atoms with E-state index >= 15 is 0 Å². The van der Waals surface area contributed by atoms with Gasteiger partial charge in [-0.15, -0.1) is 0 Å². The molecule has 0 atom stereocenters. The largest absolute Gasteiger partial charge is 0.507 e. The van der Waals surface area contributed by atoms with Gasteiger partial charge in [0.1, 0.15) is 17.9 Å². The molecule has 0 bridgehead atoms. The minimum absolute atomic E-state index is 0.0680. The smallest absolute Gasteiger partial charge is 0.342 e. The van der Waals surface area contributed by atoms with Crippen molar-refractivity contribution in [3.63, 3.8) is 0 Å². The third-order valence-corrected chi connectivity index (χ3v) is 2.63. The number of carbonyl (C=O) groups excluding carboxylic acids is 1. The number of rotatable bonds is 3. The number of aromatic hydroxyl groups is 1. The molecule has 0 aliphatic rings. The maximum Gasteiger partial charge on any atom is 0.342 e. The molecule has 4 heteroatoms. The number of carbonyl (C=O) groups is 1. The Morgan fingerprint density at radius 3 is 2.61 bits per heavy atom. The third kappa shape index (κ3) is 3.02. The van der Waals surface area contributed by atoms with Gasteiger partial charge in [0.2, 0.25) is 0 Å². The second-order valence-electron chi connectivity index (χ2n) is 3.72. The van der Waals surface area contributed by atoms with Crippen LogP contribution < -0.4 is 0 Å². The summed E-state index contributed by atoms with van der Waals surface area (Å²) >= 11 is 5.76. The van der Waals surface area contributed by atoms with Crippen molar-refractivity contribution in [2.75, 3.05) is 0 Å². The summed E-state index contributed by atoms with van der Waals surface area (Å²) in [4.78, 5) is 11.8. The van der Waals surface area contributed by atoms with E-state index in [1.165, 1.54) is 18.2 Å². The molecule has 1 N–H and O–H groups in total. The molecule has 0 aromatic heterocycles. The molecule has 0 aliphatic carbocycles. The van der Waals surface area contributed by atoms with E-state index in [-0.39, 0.29) is 17.9 Å². The van der Waals surface area contributed by atoms with Gasteiger partial charge in [-0.3, -0.25) is 0 Å². The van der Waals surface area contributed by atoms with Crippen molar-refractivity contribution in [3.8, 4) is 5.75 Å². The van der Waals surface area contributed by atoms with Gasteiger partial charge < -0.3 is 9.84 Å². The lowest BCUT2D eigenvalue weighted by Crippen LogP contribution is -2.05. The van der Waals surface area contributed by atoms with Crippen LogP contribution in [0, 0.1) is 0 Å². The zero-order valence-corrected chi connectivity index (χ0v) is 10.2. The van der Waals surface area contributed by atoms with Gasteiger partial charge in [-0.2, -0.15) is 0 Å². The summed E-state index contributed by atoms with van der Waals surface area (Å²) in [5, 5.41) is 9.92. The van der Waals surface area contributed by atoms with Crippen molar-refractivity contribution >= 4 is 17.6 Å². The Balaban J connectivity index is 2.06. The summed E-state index contributed by atoms with van der Waals surface area (Å²) in [5.41, 5.74) is 0.950. The van der Waals surface area contributed by atoms with Gasteiger partial charge in [0.15, 0.2) is 0 Å². The Morgan fingerprint density at radius 2 is 1.89 bits per heavy atom. The fraction of sp³-hybridized carbons (Fsp3) is 0.0714. The number of hydrogen-bond acceptors (Lipinski definition) is 3. The Kier molecular flexibility index (Phi) is 3.85. The highest BCUT2D eigenvalue weighted by Gasteiger charge is 2.13. The Morgan fingerprint density at radius 1 is 1.17 bits per heavy atom. The van der Waals surface area contributed by atoms with E-state index in [1.54, 1.807) is 0 Å². The van der Waals surface area contributed by atoms with E-state index in [0.717, 1.165) is 5.56 Å². The molecule has 0 unspecified atom stereocenters. The molecule has 0 heterocycles. The zero-order chi connectivity index (χ0) is 13.0. The summed E-state index contributed by atoms with van der Waals surface area (Å²) in [6.45, 7) is 0.158. The average Bonchev–Trinajstić information content (AvgIpc) is 2.40. The molecule has 3 nitrogen and oxygen atoms in total. The van der Waals surface area contributed by atoms with E-state index in [0.29, 0.717) is 5.02 Å². The zero-order valence-electron chi connectivity index (χ0n) is 9.47. The lowest BCUT2D eigenvalue weighted by molar-refractivity contribution is 0.0469. The minimum atomic E-state index is -0.598. The number of hydrogen-bond donors (Lipinski definition) is 1. The van der Waals surface area contributed by atoms with Crippen LogP contribution in [0.15, 0.2) is 48.5 Å². The Labute approximate surface area is 110 Å². The first-order chi connectivity index (χ1) is 8.66. The summed E-state index contributed by atoms with van der Waals surface area (Å²) in [7, 11) is 0. The first kappa shape index (κ1) is 12.5. The van der Waals surface area contributed by atoms with Crippen molar-refractivity contribution in [1.29, 1.82) is 0 Å². The van der Waals surface area contributed by atoms with Crippen molar-refractivity contribution in [2.45, 2.75) is 6.61 Å². The number of benzene rings is 2. The van der Waals surface area contributed by atoms with E-state index in [1.807, 2.05) is 30.3 Å². The molecule has 2 aromatic carbocycles. The quantitative estimate of drug-likeness (QED) is 0.863. The molecule has 2 rings (SSSR count). The van der Waals surface area contributed by atoms with E-state index in [2.05, 4.69) is 0 Å². The fourth-order valence-corrected chi connectivity index (χ4v) is 1.64. The summed E-state index contributed by atoms with van der Waals surface area (Å²) in [5.74, 6) is -0.740. The molecular formula is C14H11ClO3. The van der Waals surface area contributed by atoms with Crippen LogP contribution in [0.2, 0.25) is 5.02 Å². The minimum Gasteiger partial charge on any atom is -0.507 e. The highest BCUT2D eigenvalue weighted by atomic mass is 35.5. The average molecular weight is 263 g/mol. The molecule has 0 radical (unpaired) electrons. The molecule has 2 aromatic rings. The lowest BCUT2D eigenvalue weighted by Gasteiger charge is -2.06. The van der Waals surface area contributed by atoms with E-state index < -0.39 is 5.97 Å². The molecule has 18 heavy (non-hydrogen) atoms. The van der Waals surface area contributed by atoms with Crippen LogP contribution in [-0.2, 0) is 11.3 Å². The van der Waals surface area contributed by atoms with Gasteiger partial charge in [0, 0.05) is 5.02 Å². The topological polar surface area (TPSA) is 46.5 Å². The van der Waals surface area contributed by atoms with Crippen molar-refractivity contribution < 1.29 is 14.6 Å². The van der Waals surface area contributed by atoms with Gasteiger partial charge in [0.25, 0.3) is 0 Å². The number of ether oxygens (including phenoxy) is 1. The van der Waals surface area contributed by atoms with E-state index in [4.69, 9.17) is 16.3 Å². The highest BCUT2D eigenvalue weighted by molar-refractivity contribution is 6.31. The summed E-state index contributed by atoms with van der Waals surface area (Å²) in [6.07, 6.45) is 0. The number of phenolic OH excluding ortho intramolecular Hbond substituents is 1. The molecule has 0 amide bonds. The molecule has 0 saturated carbocycles. The first-order valence-electron chi connectivity index (χ1n) is 5.36. The summed E-state index contributed by atoms with van der Waals surface area (Å²) < 4.78 is 5.09. The predicted molar refractivity (Wildman–Crippen MR) is 68.7 cm³/mol. The van der Waals surface area contributed by atoms with Crippen LogP contribution in [0.4, 0.5) is 0 Å². The molecule has 0 saturated heterocycles. The van der Waals surface area contributed by atoms with Crippen LogP contribution in [0.3, 0.4) is 0 Å². The second-order valence-corrected chi connectivity index (χ2v) is 4.16. The van der Waals surface area contributed by atoms with Gasteiger partial charge in [-0.1, -0.05) is 41.9 Å². The molecule has 0 spiro atoms. The maximum atomic E-state index is 11.8. The molecule has 92 valence electrons. The normalized spacial score (nSPS) is 10.1. The van der Waals surface area contributed by atoms with Crippen molar-refractivity contribution in [3.05, 3.63) is 64.7 Å². The number of halogens is 1. The van der Waals surface area contributed by atoms with Crippen LogP contribution in [0.1, 0.15) is 15.9 Å². The molecule has 0 fully saturated rings. The van der Waals surface area contributed by atoms with Gasteiger partial charge in [-0.05, 0) is 23.8 Å². The third-order valence-electron chi connectivity index (χ3n) is 2.39. The van der Waals surface area contributed by atoms with E-state index in [9.17, 15) is 9.90 Å². The van der Waals surface area contributed by atoms with Crippen LogP contribution in [0.25, 0.3) is 0 Å². The Bertz CT molecular complexity index is 552. The van der Waals surface area contributed by atoms with Crippen LogP contribution in [-0.4, -0.2) is 11.1 Å². The second kappa shape index (κ2) is 5.56. The monoisotopic (exact) mass is 262 g/mol. The van der Waals surface area contributed by atoms with Gasteiger partial charge >= 0.3 is 5.97 Å². The summed E-state index contributed by atoms with van der Waals surface area (Å²) in [6, 6.07) is 13.6. The van der Waals surface area contributed by atoms with Gasteiger partial charge in [0.05, 0.1) is 0 Å². The molecular weight excluding hydrogens is 252 g/mol. The number of phenols is 1. The number of esters is 1. The lowest BCUT2D eigenvalue weighted by atomic mass is 10.2. The SMILES string of the molecule is O=C(OCc1ccccc1)c1cc(Cl)ccc1O. The van der Waals surface area contributed by atoms with Crippen molar-refractivity contribution in [1.82, 2.24) is 0 Å². The van der Waals surface area contributed by atoms with Gasteiger partial charge in [-0.25, -0.2) is 4.79 Å². The first-order valence-corrected chi connectivity index (χ1v) is 5.74. The van der Waals surface area contributed by atoms with Crippen LogP contribution >= 0.6 is 11.6 Å². The highest BCUT2D eigenvalue weighted by Crippen LogP contribution is 2.22. The molecule has 0 aliphatic heterocycles. The predicted octanol–water partition coefficient (Wildman–Crippen LogP) is 3.40. The van der Waals surface area contributed by atoms with Crippen molar-refractivity contribution in [2.24, 2.45) is 0 Å². The van der Waals surface area contributed by atoms with Crippen LogP contribution in [0.5, 0.6) is 5.75 Å². The maximum absolute atomic E-state index is 11.8.